The molecule has 1 aliphatic rings. The molecule has 0 bridgehead atoms. The monoisotopic (exact) mass is 333 g/mol. The highest BCUT2D eigenvalue weighted by Crippen LogP contribution is 2.31. The van der Waals surface area contributed by atoms with E-state index in [0.29, 0.717) is 24.5 Å². The standard InChI is InChI=1S/C20H19N3O2/c1-12-13(2)19-16(20(24)23-7-8-25-19)11-15(12)9-14-3-4-17-18(10-14)22-6-5-21-17/h3-6,10-11H,7-9H2,1-2H3,(H,23,24). The molecule has 1 amide bonds. The van der Waals surface area contributed by atoms with Crippen molar-refractivity contribution in [3.8, 4) is 5.75 Å². The lowest BCUT2D eigenvalue weighted by Gasteiger charge is -2.16. The molecule has 3 aromatic rings. The van der Waals surface area contributed by atoms with E-state index in [0.717, 1.165) is 39.7 Å². The van der Waals surface area contributed by atoms with Gasteiger partial charge in [-0.15, -0.1) is 0 Å². The van der Waals surface area contributed by atoms with Gasteiger partial charge in [0.05, 0.1) is 23.1 Å². The molecule has 25 heavy (non-hydrogen) atoms. The molecule has 5 nitrogen and oxygen atoms in total. The van der Waals surface area contributed by atoms with E-state index in [1.54, 1.807) is 12.4 Å². The van der Waals surface area contributed by atoms with Crippen molar-refractivity contribution in [3.63, 3.8) is 0 Å². The Morgan fingerprint density at radius 3 is 2.72 bits per heavy atom. The summed E-state index contributed by atoms with van der Waals surface area (Å²) in [6, 6.07) is 8.06. The summed E-state index contributed by atoms with van der Waals surface area (Å²) in [5.74, 6) is 0.641. The Balaban J connectivity index is 1.77. The average Bonchev–Trinajstić information content (AvgIpc) is 2.81. The molecule has 5 heteroatoms. The molecule has 0 saturated heterocycles. The number of aromatic nitrogens is 2. The van der Waals surface area contributed by atoms with Crippen molar-refractivity contribution in [2.45, 2.75) is 20.3 Å². The van der Waals surface area contributed by atoms with E-state index in [4.69, 9.17) is 4.74 Å². The van der Waals surface area contributed by atoms with E-state index in [1.807, 2.05) is 19.1 Å². The zero-order valence-corrected chi connectivity index (χ0v) is 14.3. The van der Waals surface area contributed by atoms with Gasteiger partial charge in [0.2, 0.25) is 0 Å². The van der Waals surface area contributed by atoms with Crippen LogP contribution in [0, 0.1) is 13.8 Å². The second kappa shape index (κ2) is 6.16. The summed E-state index contributed by atoms with van der Waals surface area (Å²) in [4.78, 5) is 21.0. The minimum absolute atomic E-state index is 0.0683. The van der Waals surface area contributed by atoms with Crippen LogP contribution in [0.1, 0.15) is 32.6 Å². The van der Waals surface area contributed by atoms with Crippen LogP contribution < -0.4 is 10.1 Å². The number of hydrogen-bond donors (Lipinski definition) is 1. The Morgan fingerprint density at radius 1 is 1.08 bits per heavy atom. The van der Waals surface area contributed by atoms with Gasteiger partial charge in [0.25, 0.3) is 5.91 Å². The van der Waals surface area contributed by atoms with Gasteiger partial charge in [0, 0.05) is 12.4 Å². The van der Waals surface area contributed by atoms with Crippen molar-refractivity contribution in [3.05, 3.63) is 64.5 Å². The maximum Gasteiger partial charge on any atom is 0.255 e. The lowest BCUT2D eigenvalue weighted by molar-refractivity contribution is 0.0957. The van der Waals surface area contributed by atoms with Gasteiger partial charge in [-0.3, -0.25) is 14.8 Å². The molecule has 4 rings (SSSR count). The fraction of sp³-hybridized carbons (Fsp3) is 0.250. The molecular weight excluding hydrogens is 314 g/mol. The van der Waals surface area contributed by atoms with Crippen LogP contribution in [0.25, 0.3) is 11.0 Å². The molecule has 0 fully saturated rings. The van der Waals surface area contributed by atoms with Crippen LogP contribution in [0.2, 0.25) is 0 Å². The third-order valence-electron chi connectivity index (χ3n) is 4.75. The quantitative estimate of drug-likeness (QED) is 0.783. The van der Waals surface area contributed by atoms with Gasteiger partial charge in [-0.2, -0.15) is 0 Å². The van der Waals surface area contributed by atoms with Crippen molar-refractivity contribution < 1.29 is 9.53 Å². The number of ether oxygens (including phenoxy) is 1. The number of rotatable bonds is 2. The van der Waals surface area contributed by atoms with Gasteiger partial charge in [0.1, 0.15) is 12.4 Å². The summed E-state index contributed by atoms with van der Waals surface area (Å²) in [7, 11) is 0. The molecule has 1 aliphatic heterocycles. The van der Waals surface area contributed by atoms with Gasteiger partial charge in [-0.25, -0.2) is 0 Å². The third-order valence-corrected chi connectivity index (χ3v) is 4.75. The SMILES string of the molecule is Cc1c(Cc2ccc3nccnc3c2)cc2c(c1C)OCCNC2=O. The van der Waals surface area contributed by atoms with Crippen LogP contribution in [0.15, 0.2) is 36.7 Å². The normalized spacial score (nSPS) is 13.8. The van der Waals surface area contributed by atoms with E-state index in [-0.39, 0.29) is 5.91 Å². The highest BCUT2D eigenvalue weighted by Gasteiger charge is 2.21. The molecule has 1 N–H and O–H groups in total. The van der Waals surface area contributed by atoms with Crippen LogP contribution in [0.3, 0.4) is 0 Å². The van der Waals surface area contributed by atoms with Crippen molar-refractivity contribution in [2.75, 3.05) is 13.2 Å². The van der Waals surface area contributed by atoms with Gasteiger partial charge < -0.3 is 10.1 Å². The van der Waals surface area contributed by atoms with Crippen LogP contribution in [-0.2, 0) is 6.42 Å². The average molecular weight is 333 g/mol. The molecule has 0 spiro atoms. The molecule has 0 saturated carbocycles. The summed E-state index contributed by atoms with van der Waals surface area (Å²) < 4.78 is 5.79. The minimum atomic E-state index is -0.0683. The summed E-state index contributed by atoms with van der Waals surface area (Å²) in [6.07, 6.45) is 4.13. The molecule has 2 aromatic carbocycles. The highest BCUT2D eigenvalue weighted by molar-refractivity contribution is 5.98. The highest BCUT2D eigenvalue weighted by atomic mass is 16.5. The Labute approximate surface area is 146 Å². The molecule has 126 valence electrons. The number of fused-ring (bicyclic) bond motifs is 2. The second-order valence-electron chi connectivity index (χ2n) is 6.32. The van der Waals surface area contributed by atoms with E-state index >= 15 is 0 Å². The Bertz CT molecular complexity index is 982. The largest absolute Gasteiger partial charge is 0.491 e. The van der Waals surface area contributed by atoms with Crippen LogP contribution in [-0.4, -0.2) is 29.0 Å². The molecule has 0 unspecified atom stereocenters. The zero-order valence-electron chi connectivity index (χ0n) is 14.3. The van der Waals surface area contributed by atoms with E-state index in [9.17, 15) is 4.79 Å². The van der Waals surface area contributed by atoms with Gasteiger partial charge >= 0.3 is 0 Å². The van der Waals surface area contributed by atoms with Gasteiger partial charge in [-0.1, -0.05) is 6.07 Å². The molecular formula is C20H19N3O2. The third kappa shape index (κ3) is 2.82. The fourth-order valence-electron chi connectivity index (χ4n) is 3.25. The number of nitrogens with one attached hydrogen (secondary N) is 1. The zero-order chi connectivity index (χ0) is 17.4. The summed E-state index contributed by atoms with van der Waals surface area (Å²) in [5, 5.41) is 2.88. The first-order valence-corrected chi connectivity index (χ1v) is 8.37. The predicted octanol–water partition coefficient (Wildman–Crippen LogP) is 2.96. The lowest BCUT2D eigenvalue weighted by Crippen LogP contribution is -2.24. The lowest BCUT2D eigenvalue weighted by atomic mass is 9.93. The first kappa shape index (κ1) is 15.6. The summed E-state index contributed by atoms with van der Waals surface area (Å²) in [5.41, 5.74) is 6.85. The number of hydrogen-bond acceptors (Lipinski definition) is 4. The smallest absolute Gasteiger partial charge is 0.255 e. The van der Waals surface area contributed by atoms with E-state index < -0.39 is 0 Å². The molecule has 0 radical (unpaired) electrons. The minimum Gasteiger partial charge on any atom is -0.491 e. The second-order valence-corrected chi connectivity index (χ2v) is 6.32. The number of benzene rings is 2. The summed E-state index contributed by atoms with van der Waals surface area (Å²) in [6.45, 7) is 5.13. The first-order chi connectivity index (χ1) is 12.1. The molecule has 1 aromatic heterocycles. The summed E-state index contributed by atoms with van der Waals surface area (Å²) >= 11 is 0. The van der Waals surface area contributed by atoms with Crippen LogP contribution in [0.5, 0.6) is 5.75 Å². The van der Waals surface area contributed by atoms with Crippen molar-refractivity contribution in [2.24, 2.45) is 0 Å². The van der Waals surface area contributed by atoms with Crippen molar-refractivity contribution >= 4 is 16.9 Å². The number of amides is 1. The fourth-order valence-corrected chi connectivity index (χ4v) is 3.25. The first-order valence-electron chi connectivity index (χ1n) is 8.37. The van der Waals surface area contributed by atoms with E-state index in [2.05, 4.69) is 34.3 Å². The Hall–Kier alpha value is -2.95. The van der Waals surface area contributed by atoms with E-state index in [1.165, 1.54) is 0 Å². The van der Waals surface area contributed by atoms with Gasteiger partial charge in [-0.05, 0) is 60.7 Å². The van der Waals surface area contributed by atoms with Crippen molar-refractivity contribution in [1.82, 2.24) is 15.3 Å². The van der Waals surface area contributed by atoms with Crippen molar-refractivity contribution in [1.29, 1.82) is 0 Å². The van der Waals surface area contributed by atoms with Gasteiger partial charge in [0.15, 0.2) is 0 Å². The Kier molecular flexibility index (Phi) is 3.84. The van der Waals surface area contributed by atoms with Crippen LogP contribution >= 0.6 is 0 Å². The maximum atomic E-state index is 12.3. The predicted molar refractivity (Wildman–Crippen MR) is 96.1 cm³/mol. The molecule has 0 aliphatic carbocycles. The Morgan fingerprint density at radius 2 is 1.88 bits per heavy atom. The number of carbonyl (C=O) groups excluding carboxylic acids is 1. The van der Waals surface area contributed by atoms with Crippen LogP contribution in [0.4, 0.5) is 0 Å². The number of nitrogens with zero attached hydrogens (tertiary/aromatic N) is 2. The molecule has 0 atom stereocenters. The number of carbonyl (C=O) groups is 1. The maximum absolute atomic E-state index is 12.3. The topological polar surface area (TPSA) is 64.1 Å². The molecule has 2 heterocycles.